The normalized spacial score (nSPS) is 17.6. The van der Waals surface area contributed by atoms with Crippen LogP contribution in [0.4, 0.5) is 0 Å². The van der Waals surface area contributed by atoms with Crippen molar-refractivity contribution in [2.24, 2.45) is 0 Å². The standard InChI is InChI=1S/C15H22N2O3S/c1-12-4-3-5-14(10-12)11-21(19,20)17-8-6-15(7-9-17)16-13(2)18/h3-5,10,15H,6-9,11H2,1-2H3,(H,16,18). The zero-order valence-corrected chi connectivity index (χ0v) is 13.3. The van der Waals surface area contributed by atoms with Crippen LogP contribution in [-0.4, -0.2) is 37.8 Å². The number of hydrogen-bond donors (Lipinski definition) is 1. The van der Waals surface area contributed by atoms with Crippen LogP contribution in [0.5, 0.6) is 0 Å². The number of rotatable bonds is 4. The third kappa shape index (κ3) is 4.54. The molecule has 0 aliphatic carbocycles. The lowest BCUT2D eigenvalue weighted by Crippen LogP contribution is -2.46. The second kappa shape index (κ2) is 6.58. The molecule has 0 saturated carbocycles. The second-order valence-corrected chi connectivity index (χ2v) is 7.59. The van der Waals surface area contributed by atoms with E-state index in [0.717, 1.165) is 11.1 Å². The van der Waals surface area contributed by atoms with E-state index in [0.29, 0.717) is 25.9 Å². The zero-order valence-electron chi connectivity index (χ0n) is 12.5. The molecule has 21 heavy (non-hydrogen) atoms. The average molecular weight is 310 g/mol. The minimum atomic E-state index is -3.28. The van der Waals surface area contributed by atoms with Crippen LogP contribution in [0.25, 0.3) is 0 Å². The number of carbonyl (C=O) groups excluding carboxylic acids is 1. The first-order valence-corrected chi connectivity index (χ1v) is 8.78. The van der Waals surface area contributed by atoms with E-state index < -0.39 is 10.0 Å². The molecular formula is C15H22N2O3S. The van der Waals surface area contributed by atoms with Crippen molar-refractivity contribution in [3.05, 3.63) is 35.4 Å². The van der Waals surface area contributed by atoms with Crippen molar-refractivity contribution in [3.63, 3.8) is 0 Å². The van der Waals surface area contributed by atoms with Crippen LogP contribution >= 0.6 is 0 Å². The van der Waals surface area contributed by atoms with E-state index >= 15 is 0 Å². The van der Waals surface area contributed by atoms with Gasteiger partial charge < -0.3 is 5.32 Å². The predicted octanol–water partition coefficient (Wildman–Crippen LogP) is 1.43. The summed E-state index contributed by atoms with van der Waals surface area (Å²) >= 11 is 0. The first-order chi connectivity index (χ1) is 9.87. The zero-order chi connectivity index (χ0) is 15.5. The SMILES string of the molecule is CC(=O)NC1CCN(S(=O)(=O)Cc2cccc(C)c2)CC1. The Morgan fingerprint density at radius 3 is 2.57 bits per heavy atom. The van der Waals surface area contributed by atoms with Gasteiger partial charge in [0.25, 0.3) is 0 Å². The Labute approximate surface area is 126 Å². The van der Waals surface area contributed by atoms with E-state index in [4.69, 9.17) is 0 Å². The van der Waals surface area contributed by atoms with E-state index in [1.54, 1.807) is 0 Å². The van der Waals surface area contributed by atoms with Crippen LogP contribution in [0, 0.1) is 6.92 Å². The maximum atomic E-state index is 12.4. The Balaban J connectivity index is 1.97. The summed E-state index contributed by atoms with van der Waals surface area (Å²) in [5.74, 6) is -0.0180. The van der Waals surface area contributed by atoms with Gasteiger partial charge in [-0.05, 0) is 25.3 Å². The van der Waals surface area contributed by atoms with Crippen LogP contribution in [-0.2, 0) is 20.6 Å². The lowest BCUT2D eigenvalue weighted by molar-refractivity contribution is -0.119. The van der Waals surface area contributed by atoms with Gasteiger partial charge in [-0.15, -0.1) is 0 Å². The number of nitrogens with zero attached hydrogens (tertiary/aromatic N) is 1. The number of amides is 1. The summed E-state index contributed by atoms with van der Waals surface area (Å²) in [4.78, 5) is 11.0. The van der Waals surface area contributed by atoms with E-state index in [2.05, 4.69) is 5.32 Å². The number of sulfonamides is 1. The molecule has 6 heteroatoms. The Kier molecular flexibility index (Phi) is 5.00. The van der Waals surface area contributed by atoms with Gasteiger partial charge in [-0.2, -0.15) is 0 Å². The summed E-state index contributed by atoms with van der Waals surface area (Å²) in [6.07, 6.45) is 1.35. The van der Waals surface area contributed by atoms with Crippen molar-refractivity contribution in [1.29, 1.82) is 0 Å². The van der Waals surface area contributed by atoms with Gasteiger partial charge in [-0.25, -0.2) is 12.7 Å². The predicted molar refractivity (Wildman–Crippen MR) is 82.2 cm³/mol. The molecule has 0 spiro atoms. The van der Waals surface area contributed by atoms with Crippen molar-refractivity contribution < 1.29 is 13.2 Å². The minimum Gasteiger partial charge on any atom is -0.354 e. The van der Waals surface area contributed by atoms with Gasteiger partial charge in [0.05, 0.1) is 5.75 Å². The molecule has 1 aromatic carbocycles. The summed E-state index contributed by atoms with van der Waals surface area (Å²) in [6, 6.07) is 7.67. The molecule has 116 valence electrons. The van der Waals surface area contributed by atoms with E-state index in [9.17, 15) is 13.2 Å². The van der Waals surface area contributed by atoms with Crippen LogP contribution < -0.4 is 5.32 Å². The fraction of sp³-hybridized carbons (Fsp3) is 0.533. The van der Waals surface area contributed by atoms with Gasteiger partial charge in [0.2, 0.25) is 15.9 Å². The van der Waals surface area contributed by atoms with Crippen LogP contribution in [0.15, 0.2) is 24.3 Å². The molecule has 0 unspecified atom stereocenters. The van der Waals surface area contributed by atoms with Crippen molar-refractivity contribution in [3.8, 4) is 0 Å². The van der Waals surface area contributed by atoms with Gasteiger partial charge in [0.15, 0.2) is 0 Å². The summed E-state index contributed by atoms with van der Waals surface area (Å²) < 4.78 is 26.4. The maximum Gasteiger partial charge on any atom is 0.218 e. The highest BCUT2D eigenvalue weighted by atomic mass is 32.2. The molecule has 1 aromatic rings. The van der Waals surface area contributed by atoms with E-state index in [-0.39, 0.29) is 17.7 Å². The molecule has 0 aromatic heterocycles. The Morgan fingerprint density at radius 1 is 1.33 bits per heavy atom. The number of piperidine rings is 1. The van der Waals surface area contributed by atoms with Crippen molar-refractivity contribution in [2.45, 2.75) is 38.5 Å². The quantitative estimate of drug-likeness (QED) is 0.915. The highest BCUT2D eigenvalue weighted by Crippen LogP contribution is 2.18. The smallest absolute Gasteiger partial charge is 0.218 e. The van der Waals surface area contributed by atoms with Crippen molar-refractivity contribution in [2.75, 3.05) is 13.1 Å². The molecule has 1 fully saturated rings. The number of benzene rings is 1. The molecular weight excluding hydrogens is 288 g/mol. The van der Waals surface area contributed by atoms with Gasteiger partial charge in [-0.1, -0.05) is 29.8 Å². The number of carbonyl (C=O) groups is 1. The first kappa shape index (κ1) is 16.0. The van der Waals surface area contributed by atoms with Crippen LogP contribution in [0.1, 0.15) is 30.9 Å². The largest absolute Gasteiger partial charge is 0.354 e. The third-order valence-corrected chi connectivity index (χ3v) is 5.54. The highest BCUT2D eigenvalue weighted by Gasteiger charge is 2.28. The fourth-order valence-corrected chi connectivity index (χ4v) is 4.22. The number of aryl methyl sites for hydroxylation is 1. The number of hydrogen-bond acceptors (Lipinski definition) is 3. The molecule has 5 nitrogen and oxygen atoms in total. The van der Waals surface area contributed by atoms with E-state index in [1.165, 1.54) is 11.2 Å². The van der Waals surface area contributed by atoms with Crippen LogP contribution in [0.3, 0.4) is 0 Å². The second-order valence-electron chi connectivity index (χ2n) is 5.62. The molecule has 1 heterocycles. The summed E-state index contributed by atoms with van der Waals surface area (Å²) in [5, 5.41) is 2.85. The third-order valence-electron chi connectivity index (χ3n) is 3.69. The Hall–Kier alpha value is -1.40. The maximum absolute atomic E-state index is 12.4. The summed E-state index contributed by atoms with van der Waals surface area (Å²) in [5.41, 5.74) is 1.88. The molecule has 1 saturated heterocycles. The van der Waals surface area contributed by atoms with Crippen molar-refractivity contribution in [1.82, 2.24) is 9.62 Å². The fourth-order valence-electron chi connectivity index (χ4n) is 2.67. The highest BCUT2D eigenvalue weighted by molar-refractivity contribution is 7.88. The lowest BCUT2D eigenvalue weighted by atomic mass is 10.1. The topological polar surface area (TPSA) is 66.5 Å². The minimum absolute atomic E-state index is 0.0412. The molecule has 0 atom stereocenters. The Morgan fingerprint density at radius 2 is 2.00 bits per heavy atom. The van der Waals surface area contributed by atoms with Gasteiger partial charge in [0.1, 0.15) is 0 Å². The molecule has 1 N–H and O–H groups in total. The van der Waals surface area contributed by atoms with Gasteiger partial charge in [0, 0.05) is 26.1 Å². The van der Waals surface area contributed by atoms with Gasteiger partial charge in [-0.3, -0.25) is 4.79 Å². The average Bonchev–Trinajstić information content (AvgIpc) is 2.38. The molecule has 1 aliphatic heterocycles. The van der Waals surface area contributed by atoms with Crippen molar-refractivity contribution >= 4 is 15.9 Å². The van der Waals surface area contributed by atoms with E-state index in [1.807, 2.05) is 31.2 Å². The summed E-state index contributed by atoms with van der Waals surface area (Å²) in [6.45, 7) is 4.38. The first-order valence-electron chi connectivity index (χ1n) is 7.17. The van der Waals surface area contributed by atoms with Gasteiger partial charge >= 0.3 is 0 Å². The molecule has 1 aliphatic rings. The monoisotopic (exact) mass is 310 g/mol. The number of nitrogens with one attached hydrogen (secondary N) is 1. The molecule has 0 bridgehead atoms. The Bertz CT molecular complexity index is 605. The molecule has 1 amide bonds. The molecule has 0 radical (unpaired) electrons. The van der Waals surface area contributed by atoms with Crippen LogP contribution in [0.2, 0.25) is 0 Å². The summed E-state index contributed by atoms with van der Waals surface area (Å²) in [7, 11) is -3.28. The molecule has 2 rings (SSSR count). The lowest BCUT2D eigenvalue weighted by Gasteiger charge is -2.31.